The number of non-ortho nitro benzene ring substituents is 1. The summed E-state index contributed by atoms with van der Waals surface area (Å²) in [6, 6.07) is 13.9. The highest BCUT2D eigenvalue weighted by Gasteiger charge is 2.24. The predicted octanol–water partition coefficient (Wildman–Crippen LogP) is 3.59. The minimum atomic E-state index is -0.905. The van der Waals surface area contributed by atoms with Gasteiger partial charge in [0.25, 0.3) is 11.6 Å². The molecule has 0 spiro atoms. The molecular weight excluding hydrogens is 392 g/mol. The van der Waals surface area contributed by atoms with Gasteiger partial charge >= 0.3 is 5.97 Å². The monoisotopic (exact) mass is 408 g/mol. The maximum atomic E-state index is 12.3. The van der Waals surface area contributed by atoms with E-state index in [0.29, 0.717) is 16.9 Å². The lowest BCUT2D eigenvalue weighted by Gasteiger charge is -2.16. The van der Waals surface area contributed by atoms with Gasteiger partial charge in [-0.1, -0.05) is 0 Å². The van der Waals surface area contributed by atoms with E-state index in [1.165, 1.54) is 31.2 Å². The van der Waals surface area contributed by atoms with E-state index < -0.39 is 23.1 Å². The summed E-state index contributed by atoms with van der Waals surface area (Å²) in [6.45, 7) is 3.10. The van der Waals surface area contributed by atoms with Crippen LogP contribution < -0.4 is 4.74 Å². The zero-order valence-electron chi connectivity index (χ0n) is 16.0. The minimum absolute atomic E-state index is 0.0583. The Morgan fingerprint density at radius 3 is 2.40 bits per heavy atom. The first kappa shape index (κ1) is 20.5. The molecule has 0 bridgehead atoms. The molecular formula is C20H16N4O6. The van der Waals surface area contributed by atoms with Crippen molar-refractivity contribution in [2.45, 2.75) is 26.1 Å². The number of nitro groups is 1. The smallest absolute Gasteiger partial charge is 0.347 e. The van der Waals surface area contributed by atoms with E-state index in [1.54, 1.807) is 31.2 Å². The lowest BCUT2D eigenvalue weighted by molar-refractivity contribution is -0.384. The van der Waals surface area contributed by atoms with Crippen molar-refractivity contribution in [2.24, 2.45) is 0 Å². The quantitative estimate of drug-likeness (QED) is 0.325. The number of benzene rings is 2. The number of nitro benzene ring substituents is 1. The van der Waals surface area contributed by atoms with Crippen molar-refractivity contribution in [2.75, 3.05) is 0 Å². The number of ether oxygens (including phenoxy) is 2. The van der Waals surface area contributed by atoms with Gasteiger partial charge in [0, 0.05) is 17.7 Å². The third-order valence-corrected chi connectivity index (χ3v) is 4.03. The molecule has 0 saturated heterocycles. The van der Waals surface area contributed by atoms with E-state index >= 15 is 0 Å². The lowest BCUT2D eigenvalue weighted by atomic mass is 10.2. The molecule has 0 fully saturated rings. The molecule has 0 N–H and O–H groups in total. The Morgan fingerprint density at radius 1 is 1.13 bits per heavy atom. The van der Waals surface area contributed by atoms with Crippen molar-refractivity contribution < 1.29 is 23.6 Å². The second-order valence-corrected chi connectivity index (χ2v) is 6.22. The third-order valence-electron chi connectivity index (χ3n) is 4.03. The van der Waals surface area contributed by atoms with Crippen LogP contribution in [0.5, 0.6) is 5.75 Å². The highest BCUT2D eigenvalue weighted by Crippen LogP contribution is 2.24. The number of hydrogen-bond acceptors (Lipinski definition) is 9. The largest absolute Gasteiger partial charge is 0.479 e. The summed E-state index contributed by atoms with van der Waals surface area (Å²) in [7, 11) is 0. The van der Waals surface area contributed by atoms with Gasteiger partial charge in [-0.2, -0.15) is 5.26 Å². The van der Waals surface area contributed by atoms with Gasteiger partial charge in [-0.05, 0) is 50.2 Å². The molecule has 3 aromatic rings. The lowest BCUT2D eigenvalue weighted by Crippen LogP contribution is -2.27. The Kier molecular flexibility index (Phi) is 6.03. The molecule has 2 aromatic carbocycles. The minimum Gasteiger partial charge on any atom is -0.479 e. The van der Waals surface area contributed by atoms with E-state index in [4.69, 9.17) is 19.2 Å². The number of aromatic nitrogens is 2. The van der Waals surface area contributed by atoms with Gasteiger partial charge in [0.2, 0.25) is 5.89 Å². The zero-order chi connectivity index (χ0) is 21.7. The molecule has 1 aromatic heterocycles. The van der Waals surface area contributed by atoms with Gasteiger partial charge in [-0.25, -0.2) is 4.79 Å². The molecule has 0 aliphatic heterocycles. The van der Waals surface area contributed by atoms with Gasteiger partial charge < -0.3 is 13.9 Å². The number of nitrogens with zero attached hydrogens (tertiary/aromatic N) is 4. The second kappa shape index (κ2) is 8.83. The average molecular weight is 408 g/mol. The van der Waals surface area contributed by atoms with Crippen LogP contribution in [0.2, 0.25) is 0 Å². The second-order valence-electron chi connectivity index (χ2n) is 6.22. The number of hydrogen-bond donors (Lipinski definition) is 0. The van der Waals surface area contributed by atoms with Crippen LogP contribution in [-0.4, -0.2) is 27.2 Å². The van der Waals surface area contributed by atoms with Crippen LogP contribution in [0.1, 0.15) is 31.4 Å². The number of carbonyl (C=O) groups is 1. The third kappa shape index (κ3) is 4.77. The van der Waals surface area contributed by atoms with Crippen LogP contribution >= 0.6 is 0 Å². The molecule has 2 atom stereocenters. The van der Waals surface area contributed by atoms with Crippen LogP contribution in [0.3, 0.4) is 0 Å². The number of carbonyl (C=O) groups excluding carboxylic acids is 1. The van der Waals surface area contributed by atoms with Crippen molar-refractivity contribution in [3.63, 3.8) is 0 Å². The summed E-state index contributed by atoms with van der Waals surface area (Å²) >= 11 is 0. The molecule has 30 heavy (non-hydrogen) atoms. The normalized spacial score (nSPS) is 12.4. The highest BCUT2D eigenvalue weighted by molar-refractivity contribution is 5.74. The summed E-state index contributed by atoms with van der Waals surface area (Å²) in [5.41, 5.74) is 0.916. The Hall–Kier alpha value is -4.26. The Morgan fingerprint density at radius 2 is 1.80 bits per heavy atom. The van der Waals surface area contributed by atoms with E-state index in [2.05, 4.69) is 10.2 Å². The molecule has 10 heteroatoms. The highest BCUT2D eigenvalue weighted by atomic mass is 16.6. The van der Waals surface area contributed by atoms with Gasteiger partial charge in [0.15, 0.2) is 12.2 Å². The van der Waals surface area contributed by atoms with Crippen molar-refractivity contribution in [3.05, 3.63) is 70.1 Å². The van der Waals surface area contributed by atoms with E-state index in [0.717, 1.165) is 0 Å². The van der Waals surface area contributed by atoms with Crippen LogP contribution in [0.25, 0.3) is 11.5 Å². The summed E-state index contributed by atoms with van der Waals surface area (Å²) in [4.78, 5) is 22.5. The molecule has 1 heterocycles. The van der Waals surface area contributed by atoms with Crippen molar-refractivity contribution in [1.29, 1.82) is 5.26 Å². The van der Waals surface area contributed by atoms with E-state index in [9.17, 15) is 14.9 Å². The van der Waals surface area contributed by atoms with Crippen LogP contribution in [-0.2, 0) is 9.53 Å². The fraction of sp³-hybridized carbons (Fsp3) is 0.200. The first-order chi connectivity index (χ1) is 14.4. The molecule has 0 radical (unpaired) electrons. The fourth-order valence-corrected chi connectivity index (χ4v) is 2.42. The summed E-state index contributed by atoms with van der Waals surface area (Å²) < 4.78 is 16.3. The fourth-order valence-electron chi connectivity index (χ4n) is 2.42. The summed E-state index contributed by atoms with van der Waals surface area (Å²) in [5.74, 6) is -0.00162. The number of rotatable bonds is 7. The van der Waals surface area contributed by atoms with Crippen molar-refractivity contribution >= 4 is 11.7 Å². The molecule has 3 rings (SSSR count). The first-order valence-corrected chi connectivity index (χ1v) is 8.83. The van der Waals surface area contributed by atoms with Crippen LogP contribution in [0.4, 0.5) is 5.69 Å². The molecule has 0 saturated carbocycles. The topological polar surface area (TPSA) is 141 Å². The standard InChI is InChI=1S/C20H16N4O6/c1-12(29-20(25)13(2)28-17-9-3-14(11-21)4-10-17)18-22-23-19(30-18)15-5-7-16(8-6-15)24(26)27/h3-10,12-13H,1-2H3/t12-,13+/m1/s1. The molecule has 0 unspecified atom stereocenters. The number of nitriles is 1. The summed E-state index contributed by atoms with van der Waals surface area (Å²) in [5, 5.41) is 27.3. The van der Waals surface area contributed by atoms with Gasteiger partial charge in [-0.15, -0.1) is 10.2 Å². The van der Waals surface area contributed by atoms with E-state index in [1.807, 2.05) is 6.07 Å². The predicted molar refractivity (Wildman–Crippen MR) is 102 cm³/mol. The van der Waals surface area contributed by atoms with E-state index in [-0.39, 0.29) is 17.5 Å². The molecule has 10 nitrogen and oxygen atoms in total. The van der Waals surface area contributed by atoms with Gasteiger partial charge in [0.1, 0.15) is 5.75 Å². The maximum absolute atomic E-state index is 12.3. The molecule has 0 amide bonds. The average Bonchev–Trinajstić information content (AvgIpc) is 3.24. The van der Waals surface area contributed by atoms with Crippen LogP contribution in [0.15, 0.2) is 52.9 Å². The Labute approximate surface area is 170 Å². The first-order valence-electron chi connectivity index (χ1n) is 8.83. The molecule has 152 valence electrons. The van der Waals surface area contributed by atoms with Crippen molar-refractivity contribution in [1.82, 2.24) is 10.2 Å². The maximum Gasteiger partial charge on any atom is 0.347 e. The van der Waals surface area contributed by atoms with Gasteiger partial charge in [0.05, 0.1) is 16.6 Å². The SMILES string of the molecule is C[C@H](Oc1ccc(C#N)cc1)C(=O)O[C@H](C)c1nnc(-c2ccc([N+](=O)[O-])cc2)o1. The molecule has 0 aliphatic rings. The Balaban J connectivity index is 1.61. The Bertz CT molecular complexity index is 1090. The zero-order valence-corrected chi connectivity index (χ0v) is 16.0. The van der Waals surface area contributed by atoms with Crippen molar-refractivity contribution in [3.8, 4) is 23.3 Å². The van der Waals surface area contributed by atoms with Crippen LogP contribution in [0, 0.1) is 21.4 Å². The number of esters is 1. The van der Waals surface area contributed by atoms with Gasteiger partial charge in [-0.3, -0.25) is 10.1 Å². The summed E-state index contributed by atoms with van der Waals surface area (Å²) in [6.07, 6.45) is -1.73. The molecule has 0 aliphatic carbocycles.